The van der Waals surface area contributed by atoms with Crippen LogP contribution in [0.4, 0.5) is 0 Å². The first kappa shape index (κ1) is 13.1. The van der Waals surface area contributed by atoms with Crippen LogP contribution in [0, 0.1) is 0 Å². The van der Waals surface area contributed by atoms with Gasteiger partial charge in [0.05, 0.1) is 6.10 Å². The summed E-state index contributed by atoms with van der Waals surface area (Å²) in [5, 5.41) is 10.6. The maximum atomic E-state index is 10.1. The molecule has 2 rings (SSSR count). The molecule has 1 heterocycles. The predicted octanol–water partition coefficient (Wildman–Crippen LogP) is 3.57. The molecule has 18 heavy (non-hydrogen) atoms. The van der Waals surface area contributed by atoms with Gasteiger partial charge in [-0.2, -0.15) is 0 Å². The predicted molar refractivity (Wildman–Crippen MR) is 73.7 cm³/mol. The number of aryl methyl sites for hydroxylation is 1. The van der Waals surface area contributed by atoms with Gasteiger partial charge in [0.15, 0.2) is 0 Å². The average molecular weight is 262 g/mol. The normalized spacial score (nSPS) is 12.4. The second-order valence-corrected chi connectivity index (χ2v) is 4.69. The number of pyridine rings is 1. The van der Waals surface area contributed by atoms with Crippen LogP contribution in [0.25, 0.3) is 0 Å². The van der Waals surface area contributed by atoms with E-state index >= 15 is 0 Å². The van der Waals surface area contributed by atoms with Gasteiger partial charge in [-0.1, -0.05) is 48.9 Å². The third kappa shape index (κ3) is 3.31. The number of rotatable bonds is 4. The van der Waals surface area contributed by atoms with Crippen molar-refractivity contribution >= 4 is 11.6 Å². The molecule has 2 aromatic rings. The summed E-state index contributed by atoms with van der Waals surface area (Å²) in [7, 11) is 0. The maximum absolute atomic E-state index is 10.1. The number of halogens is 1. The lowest BCUT2D eigenvalue weighted by atomic mass is 10.0. The highest BCUT2D eigenvalue weighted by Gasteiger charge is 2.08. The zero-order valence-electron chi connectivity index (χ0n) is 10.3. The molecular weight excluding hydrogens is 246 g/mol. The molecule has 1 aromatic heterocycles. The second kappa shape index (κ2) is 5.98. The van der Waals surface area contributed by atoms with Crippen molar-refractivity contribution < 1.29 is 5.11 Å². The van der Waals surface area contributed by atoms with Gasteiger partial charge in [0.1, 0.15) is 5.15 Å². The fourth-order valence-electron chi connectivity index (χ4n) is 1.84. The minimum absolute atomic E-state index is 0.443. The monoisotopic (exact) mass is 261 g/mol. The largest absolute Gasteiger partial charge is 0.388 e. The molecule has 0 saturated carbocycles. The van der Waals surface area contributed by atoms with Crippen molar-refractivity contribution in [2.45, 2.75) is 25.9 Å². The van der Waals surface area contributed by atoms with Crippen LogP contribution in [0.2, 0.25) is 5.15 Å². The maximum Gasteiger partial charge on any atom is 0.129 e. The smallest absolute Gasteiger partial charge is 0.129 e. The van der Waals surface area contributed by atoms with E-state index in [1.807, 2.05) is 0 Å². The molecule has 1 aromatic carbocycles. The second-order valence-electron chi connectivity index (χ2n) is 4.30. The fraction of sp³-hybridized carbons (Fsp3) is 0.267. The number of benzene rings is 1. The van der Waals surface area contributed by atoms with Crippen molar-refractivity contribution in [3.63, 3.8) is 0 Å². The highest BCUT2D eigenvalue weighted by atomic mass is 35.5. The van der Waals surface area contributed by atoms with Gasteiger partial charge in [-0.15, -0.1) is 0 Å². The number of aliphatic hydroxyl groups excluding tert-OH is 1. The minimum Gasteiger partial charge on any atom is -0.388 e. The van der Waals surface area contributed by atoms with Crippen molar-refractivity contribution in [3.05, 3.63) is 64.4 Å². The van der Waals surface area contributed by atoms with Crippen molar-refractivity contribution in [1.82, 2.24) is 4.98 Å². The molecule has 94 valence electrons. The lowest BCUT2D eigenvalue weighted by Crippen LogP contribution is -2.02. The molecule has 0 radical (unpaired) electrons. The Labute approximate surface area is 112 Å². The van der Waals surface area contributed by atoms with E-state index in [2.05, 4.69) is 36.2 Å². The molecule has 1 atom stereocenters. The zero-order chi connectivity index (χ0) is 13.0. The quantitative estimate of drug-likeness (QED) is 0.854. The lowest BCUT2D eigenvalue weighted by molar-refractivity contribution is 0.178. The van der Waals surface area contributed by atoms with Crippen molar-refractivity contribution in [2.24, 2.45) is 0 Å². The van der Waals surface area contributed by atoms with Crippen LogP contribution < -0.4 is 0 Å². The summed E-state index contributed by atoms with van der Waals surface area (Å²) in [6.45, 7) is 2.13. The third-order valence-electron chi connectivity index (χ3n) is 3.00. The van der Waals surface area contributed by atoms with Crippen LogP contribution in [0.15, 0.2) is 42.6 Å². The first-order chi connectivity index (χ1) is 8.69. The van der Waals surface area contributed by atoms with Crippen molar-refractivity contribution in [3.8, 4) is 0 Å². The first-order valence-corrected chi connectivity index (χ1v) is 6.44. The van der Waals surface area contributed by atoms with Crippen molar-refractivity contribution in [1.29, 1.82) is 0 Å². The summed E-state index contributed by atoms with van der Waals surface area (Å²) in [6, 6.07) is 11.8. The van der Waals surface area contributed by atoms with E-state index in [-0.39, 0.29) is 0 Å². The highest BCUT2D eigenvalue weighted by Crippen LogP contribution is 2.19. The summed E-state index contributed by atoms with van der Waals surface area (Å²) >= 11 is 5.72. The topological polar surface area (TPSA) is 33.1 Å². The van der Waals surface area contributed by atoms with Gasteiger partial charge in [-0.25, -0.2) is 4.98 Å². The number of nitrogens with zero attached hydrogens (tertiary/aromatic N) is 1. The third-order valence-corrected chi connectivity index (χ3v) is 3.22. The standard InChI is InChI=1S/C15H16ClNO/c1-2-11-3-5-12(6-4-11)9-14(18)13-7-8-15(16)17-10-13/h3-8,10,14,18H,2,9H2,1H3. The van der Waals surface area contributed by atoms with E-state index in [9.17, 15) is 5.11 Å². The summed E-state index contributed by atoms with van der Waals surface area (Å²) in [5.74, 6) is 0. The van der Waals surface area contributed by atoms with E-state index in [0.717, 1.165) is 17.5 Å². The minimum atomic E-state index is -0.540. The molecule has 3 heteroatoms. The van der Waals surface area contributed by atoms with Gasteiger partial charge >= 0.3 is 0 Å². The average Bonchev–Trinajstić information content (AvgIpc) is 2.40. The van der Waals surface area contributed by atoms with Gasteiger partial charge in [-0.05, 0) is 29.2 Å². The summed E-state index contributed by atoms with van der Waals surface area (Å²) in [6.07, 6.45) is 2.70. The van der Waals surface area contributed by atoms with Crippen LogP contribution in [-0.4, -0.2) is 10.1 Å². The molecule has 0 aliphatic rings. The Hall–Kier alpha value is -1.38. The van der Waals surface area contributed by atoms with Crippen LogP contribution in [0.3, 0.4) is 0 Å². The Kier molecular flexibility index (Phi) is 4.34. The van der Waals surface area contributed by atoms with Crippen LogP contribution in [0.1, 0.15) is 29.7 Å². The summed E-state index contributed by atoms with van der Waals surface area (Å²) < 4.78 is 0. The van der Waals surface area contributed by atoms with E-state index in [1.54, 1.807) is 18.3 Å². The number of hydrogen-bond donors (Lipinski definition) is 1. The van der Waals surface area contributed by atoms with E-state index in [0.29, 0.717) is 11.6 Å². The molecule has 0 saturated heterocycles. The molecule has 0 aliphatic carbocycles. The molecule has 0 amide bonds. The molecule has 0 bridgehead atoms. The Bertz CT molecular complexity index is 493. The molecule has 1 unspecified atom stereocenters. The lowest BCUT2D eigenvalue weighted by Gasteiger charge is -2.11. The molecule has 0 aliphatic heterocycles. The first-order valence-electron chi connectivity index (χ1n) is 6.06. The molecule has 2 nitrogen and oxygen atoms in total. The molecule has 0 spiro atoms. The van der Waals surface area contributed by atoms with Gasteiger partial charge < -0.3 is 5.11 Å². The van der Waals surface area contributed by atoms with E-state index in [1.165, 1.54) is 5.56 Å². The van der Waals surface area contributed by atoms with Crippen LogP contribution in [-0.2, 0) is 12.8 Å². The Morgan fingerprint density at radius 2 is 1.78 bits per heavy atom. The van der Waals surface area contributed by atoms with Gasteiger partial charge in [0.2, 0.25) is 0 Å². The van der Waals surface area contributed by atoms with Gasteiger partial charge in [0.25, 0.3) is 0 Å². The molecule has 0 fully saturated rings. The Morgan fingerprint density at radius 1 is 1.11 bits per heavy atom. The number of aromatic nitrogens is 1. The van der Waals surface area contributed by atoms with Gasteiger partial charge in [-0.3, -0.25) is 0 Å². The Balaban J connectivity index is 2.05. The summed E-state index contributed by atoms with van der Waals surface area (Å²) in [4.78, 5) is 3.97. The van der Waals surface area contributed by atoms with Crippen molar-refractivity contribution in [2.75, 3.05) is 0 Å². The zero-order valence-corrected chi connectivity index (χ0v) is 11.1. The number of hydrogen-bond acceptors (Lipinski definition) is 2. The highest BCUT2D eigenvalue weighted by molar-refractivity contribution is 6.29. The Morgan fingerprint density at radius 3 is 2.33 bits per heavy atom. The number of aliphatic hydroxyl groups is 1. The van der Waals surface area contributed by atoms with Crippen LogP contribution >= 0.6 is 11.6 Å². The SMILES string of the molecule is CCc1ccc(CC(O)c2ccc(Cl)nc2)cc1. The van der Waals surface area contributed by atoms with Gasteiger partial charge in [0, 0.05) is 12.6 Å². The fourth-order valence-corrected chi connectivity index (χ4v) is 1.95. The van der Waals surface area contributed by atoms with E-state index in [4.69, 9.17) is 11.6 Å². The van der Waals surface area contributed by atoms with E-state index < -0.39 is 6.10 Å². The van der Waals surface area contributed by atoms with Crippen LogP contribution in [0.5, 0.6) is 0 Å². The molecular formula is C15H16ClNO. The summed E-state index contributed by atoms with van der Waals surface area (Å²) in [5.41, 5.74) is 3.22. The molecule has 1 N–H and O–H groups in total.